The average Bonchev–Trinajstić information content (AvgIpc) is 2.47. The summed E-state index contributed by atoms with van der Waals surface area (Å²) in [6.45, 7) is 0. The van der Waals surface area contributed by atoms with Crippen LogP contribution in [0.4, 0.5) is 5.69 Å². The van der Waals surface area contributed by atoms with E-state index in [1.54, 1.807) is 49.5 Å². The minimum atomic E-state index is -0.195. The Kier molecular flexibility index (Phi) is 4.53. The monoisotopic (exact) mass is 332 g/mol. The number of rotatable bonds is 3. The summed E-state index contributed by atoms with van der Waals surface area (Å²) in [5, 5.41) is 5.32. The van der Waals surface area contributed by atoms with Crippen LogP contribution in [0.25, 0.3) is 0 Å². The van der Waals surface area contributed by atoms with Gasteiger partial charge in [0.05, 0.1) is 0 Å². The molecule has 0 unspecified atom stereocenters. The first-order valence-corrected chi connectivity index (χ1v) is 6.78. The standard InChI is InChI=1S/C15H13BrN2O2/c1-17-14(19)10-5-7-13(8-6-10)18-15(20)11-3-2-4-12(16)9-11/h2-9H,1H3,(H,17,19)(H,18,20). The van der Waals surface area contributed by atoms with Crippen molar-refractivity contribution >= 4 is 33.4 Å². The normalized spacial score (nSPS) is 9.90. The van der Waals surface area contributed by atoms with Gasteiger partial charge in [-0.3, -0.25) is 9.59 Å². The zero-order chi connectivity index (χ0) is 14.5. The summed E-state index contributed by atoms with van der Waals surface area (Å²) in [5.74, 6) is -0.353. The zero-order valence-electron chi connectivity index (χ0n) is 10.8. The second-order valence-electron chi connectivity index (χ2n) is 4.12. The minimum Gasteiger partial charge on any atom is -0.355 e. The predicted molar refractivity (Wildman–Crippen MR) is 81.9 cm³/mol. The lowest BCUT2D eigenvalue weighted by Gasteiger charge is -2.06. The average molecular weight is 333 g/mol. The highest BCUT2D eigenvalue weighted by Gasteiger charge is 2.07. The highest BCUT2D eigenvalue weighted by molar-refractivity contribution is 9.10. The summed E-state index contributed by atoms with van der Waals surface area (Å²) < 4.78 is 0.847. The number of benzene rings is 2. The van der Waals surface area contributed by atoms with Gasteiger partial charge in [-0.15, -0.1) is 0 Å². The van der Waals surface area contributed by atoms with Crippen LogP contribution in [0, 0.1) is 0 Å². The molecule has 4 nitrogen and oxygen atoms in total. The van der Waals surface area contributed by atoms with Crippen molar-refractivity contribution < 1.29 is 9.59 Å². The molecule has 0 aromatic heterocycles. The third kappa shape index (κ3) is 3.45. The molecule has 2 aromatic carbocycles. The van der Waals surface area contributed by atoms with Crippen LogP contribution < -0.4 is 10.6 Å². The molecule has 0 aliphatic carbocycles. The molecule has 0 spiro atoms. The van der Waals surface area contributed by atoms with E-state index in [1.165, 1.54) is 0 Å². The summed E-state index contributed by atoms with van der Waals surface area (Å²) in [7, 11) is 1.57. The van der Waals surface area contributed by atoms with E-state index >= 15 is 0 Å². The van der Waals surface area contributed by atoms with Crippen LogP contribution in [-0.4, -0.2) is 18.9 Å². The smallest absolute Gasteiger partial charge is 0.255 e. The highest BCUT2D eigenvalue weighted by atomic mass is 79.9. The SMILES string of the molecule is CNC(=O)c1ccc(NC(=O)c2cccc(Br)c2)cc1. The molecule has 102 valence electrons. The molecule has 0 atom stereocenters. The topological polar surface area (TPSA) is 58.2 Å². The Morgan fingerprint density at radius 2 is 1.65 bits per heavy atom. The van der Waals surface area contributed by atoms with Crippen molar-refractivity contribution in [1.82, 2.24) is 5.32 Å². The number of carbonyl (C=O) groups excluding carboxylic acids is 2. The molecule has 2 N–H and O–H groups in total. The molecule has 0 bridgehead atoms. The Morgan fingerprint density at radius 1 is 0.950 bits per heavy atom. The number of anilines is 1. The van der Waals surface area contributed by atoms with Gasteiger partial charge in [0.2, 0.25) is 0 Å². The van der Waals surface area contributed by atoms with Crippen LogP contribution in [-0.2, 0) is 0 Å². The van der Waals surface area contributed by atoms with Gasteiger partial charge in [-0.2, -0.15) is 0 Å². The summed E-state index contributed by atoms with van der Waals surface area (Å²) in [6.07, 6.45) is 0. The highest BCUT2D eigenvalue weighted by Crippen LogP contribution is 2.14. The Hall–Kier alpha value is -2.14. The van der Waals surface area contributed by atoms with E-state index in [-0.39, 0.29) is 11.8 Å². The van der Waals surface area contributed by atoms with Gasteiger partial charge in [0.15, 0.2) is 0 Å². The quantitative estimate of drug-likeness (QED) is 0.907. The van der Waals surface area contributed by atoms with E-state index in [1.807, 2.05) is 6.07 Å². The fraction of sp³-hybridized carbons (Fsp3) is 0.0667. The molecular formula is C15H13BrN2O2. The van der Waals surface area contributed by atoms with Crippen molar-refractivity contribution in [3.05, 3.63) is 64.1 Å². The molecule has 0 saturated heterocycles. The third-order valence-corrected chi connectivity index (χ3v) is 3.21. The lowest BCUT2D eigenvalue weighted by atomic mass is 10.1. The maximum Gasteiger partial charge on any atom is 0.255 e. The fourth-order valence-corrected chi connectivity index (χ4v) is 2.08. The molecule has 0 saturated carbocycles. The summed E-state index contributed by atoms with van der Waals surface area (Å²) in [6, 6.07) is 13.8. The first-order chi connectivity index (χ1) is 9.60. The van der Waals surface area contributed by atoms with Gasteiger partial charge >= 0.3 is 0 Å². The maximum atomic E-state index is 12.0. The lowest BCUT2D eigenvalue weighted by molar-refractivity contribution is 0.0962. The molecule has 20 heavy (non-hydrogen) atoms. The summed E-state index contributed by atoms with van der Waals surface area (Å²) in [4.78, 5) is 23.4. The van der Waals surface area contributed by atoms with E-state index in [4.69, 9.17) is 0 Å². The summed E-state index contributed by atoms with van der Waals surface area (Å²) >= 11 is 3.32. The van der Waals surface area contributed by atoms with Gasteiger partial charge in [0.25, 0.3) is 11.8 Å². The van der Waals surface area contributed by atoms with E-state index in [0.29, 0.717) is 16.8 Å². The molecular weight excluding hydrogens is 320 g/mol. The van der Waals surface area contributed by atoms with Gasteiger partial charge in [-0.05, 0) is 42.5 Å². The number of nitrogens with one attached hydrogen (secondary N) is 2. The van der Waals surface area contributed by atoms with Crippen molar-refractivity contribution in [3.63, 3.8) is 0 Å². The molecule has 2 rings (SSSR count). The van der Waals surface area contributed by atoms with E-state index in [9.17, 15) is 9.59 Å². The molecule has 0 radical (unpaired) electrons. The minimum absolute atomic E-state index is 0.158. The third-order valence-electron chi connectivity index (χ3n) is 2.72. The van der Waals surface area contributed by atoms with Crippen LogP contribution in [0.5, 0.6) is 0 Å². The molecule has 0 heterocycles. The number of hydrogen-bond acceptors (Lipinski definition) is 2. The second kappa shape index (κ2) is 6.34. The number of halogens is 1. The number of amides is 2. The Morgan fingerprint density at radius 3 is 2.25 bits per heavy atom. The fourth-order valence-electron chi connectivity index (χ4n) is 1.68. The first kappa shape index (κ1) is 14.3. The van der Waals surface area contributed by atoms with Gasteiger partial charge in [0.1, 0.15) is 0 Å². The summed E-state index contributed by atoms with van der Waals surface area (Å²) in [5.41, 5.74) is 1.75. The number of carbonyl (C=O) groups is 2. The molecule has 2 amide bonds. The Labute approximate surface area is 125 Å². The Balaban J connectivity index is 2.10. The largest absolute Gasteiger partial charge is 0.355 e. The van der Waals surface area contributed by atoms with Gasteiger partial charge in [-0.1, -0.05) is 22.0 Å². The van der Waals surface area contributed by atoms with Gasteiger partial charge < -0.3 is 10.6 Å². The van der Waals surface area contributed by atoms with Gasteiger partial charge in [0, 0.05) is 28.3 Å². The molecule has 0 aliphatic heterocycles. The van der Waals surface area contributed by atoms with E-state index in [2.05, 4.69) is 26.6 Å². The van der Waals surface area contributed by atoms with Crippen molar-refractivity contribution in [3.8, 4) is 0 Å². The number of hydrogen-bond donors (Lipinski definition) is 2. The second-order valence-corrected chi connectivity index (χ2v) is 5.04. The van der Waals surface area contributed by atoms with Crippen molar-refractivity contribution in [2.75, 3.05) is 12.4 Å². The lowest BCUT2D eigenvalue weighted by Crippen LogP contribution is -2.17. The molecule has 5 heteroatoms. The van der Waals surface area contributed by atoms with Crippen LogP contribution in [0.2, 0.25) is 0 Å². The molecule has 0 aliphatic rings. The first-order valence-electron chi connectivity index (χ1n) is 5.99. The van der Waals surface area contributed by atoms with Gasteiger partial charge in [-0.25, -0.2) is 0 Å². The van der Waals surface area contributed by atoms with Crippen LogP contribution in [0.3, 0.4) is 0 Å². The Bertz CT molecular complexity index is 639. The van der Waals surface area contributed by atoms with Crippen LogP contribution in [0.1, 0.15) is 20.7 Å². The molecule has 0 fully saturated rings. The van der Waals surface area contributed by atoms with Crippen molar-refractivity contribution in [1.29, 1.82) is 0 Å². The van der Waals surface area contributed by atoms with Crippen molar-refractivity contribution in [2.24, 2.45) is 0 Å². The van der Waals surface area contributed by atoms with E-state index < -0.39 is 0 Å². The van der Waals surface area contributed by atoms with Crippen LogP contribution >= 0.6 is 15.9 Å². The predicted octanol–water partition coefficient (Wildman–Crippen LogP) is 3.06. The van der Waals surface area contributed by atoms with Crippen molar-refractivity contribution in [2.45, 2.75) is 0 Å². The zero-order valence-corrected chi connectivity index (χ0v) is 12.4. The molecule has 2 aromatic rings. The van der Waals surface area contributed by atoms with Crippen LogP contribution in [0.15, 0.2) is 53.0 Å². The van der Waals surface area contributed by atoms with E-state index in [0.717, 1.165) is 4.47 Å². The maximum absolute atomic E-state index is 12.0.